The number of halogens is 2. The minimum atomic E-state index is -2.72. The molecule has 0 unspecified atom stereocenters. The summed E-state index contributed by atoms with van der Waals surface area (Å²) in [5.74, 6) is -2.88. The average Bonchev–Trinajstić information content (AvgIpc) is 3.65. The van der Waals surface area contributed by atoms with Crippen molar-refractivity contribution in [1.82, 2.24) is 19.8 Å². The number of alkyl halides is 2. The number of aromatic amines is 1. The van der Waals surface area contributed by atoms with Crippen LogP contribution < -0.4 is 4.90 Å². The highest BCUT2D eigenvalue weighted by Gasteiger charge is 2.44. The number of rotatable bonds is 5. The summed E-state index contributed by atoms with van der Waals surface area (Å²) in [5.41, 5.74) is 4.50. The van der Waals surface area contributed by atoms with E-state index in [1.54, 1.807) is 0 Å². The van der Waals surface area contributed by atoms with Crippen LogP contribution >= 0.6 is 0 Å². The van der Waals surface area contributed by atoms with Crippen LogP contribution in [0.1, 0.15) is 37.7 Å². The number of nitrogens with zero attached hydrogens (tertiary/aromatic N) is 4. The molecule has 6 rings (SSSR count). The van der Waals surface area contributed by atoms with Gasteiger partial charge in [0.05, 0.1) is 12.5 Å². The van der Waals surface area contributed by atoms with Crippen molar-refractivity contribution in [2.75, 3.05) is 50.7 Å². The summed E-state index contributed by atoms with van der Waals surface area (Å²) >= 11 is 0. The molecule has 0 bridgehead atoms. The van der Waals surface area contributed by atoms with E-state index >= 15 is 0 Å². The summed E-state index contributed by atoms with van der Waals surface area (Å²) in [6, 6.07) is 11.7. The van der Waals surface area contributed by atoms with Gasteiger partial charge < -0.3 is 14.8 Å². The van der Waals surface area contributed by atoms with Gasteiger partial charge >= 0.3 is 0 Å². The molecule has 2 aromatic heterocycles. The minimum absolute atomic E-state index is 0.171. The lowest BCUT2D eigenvalue weighted by molar-refractivity contribution is -0.132. The fourth-order valence-electron chi connectivity index (χ4n) is 5.79. The number of piperidine rings is 1. The molecule has 1 aromatic carbocycles. The molecule has 3 fully saturated rings. The van der Waals surface area contributed by atoms with Gasteiger partial charge in [0.25, 0.3) is 5.92 Å². The highest BCUT2D eigenvalue weighted by molar-refractivity contribution is 5.94. The van der Waals surface area contributed by atoms with Crippen molar-refractivity contribution in [3.63, 3.8) is 0 Å². The Balaban J connectivity index is 1.20. The fraction of sp³-hybridized carbons (Fsp3) is 0.500. The molecule has 2 saturated heterocycles. The Morgan fingerprint density at radius 3 is 2.47 bits per heavy atom. The molecule has 1 aliphatic carbocycles. The maximum atomic E-state index is 14.8. The topological polar surface area (TPSA) is 55.5 Å². The Labute approximate surface area is 210 Å². The quantitative estimate of drug-likeness (QED) is 0.558. The van der Waals surface area contributed by atoms with Gasteiger partial charge in [0, 0.05) is 55.1 Å². The number of H-pyrrole nitrogens is 1. The van der Waals surface area contributed by atoms with Gasteiger partial charge in [-0.05, 0) is 55.6 Å². The molecule has 0 spiro atoms. The van der Waals surface area contributed by atoms with E-state index in [0.29, 0.717) is 31.0 Å². The maximum Gasteiger partial charge on any atom is 0.267 e. The number of pyridine rings is 1. The normalized spacial score (nSPS) is 22.8. The second-order valence-corrected chi connectivity index (χ2v) is 10.5. The molecule has 6 nitrogen and oxygen atoms in total. The molecular weight excluding hydrogens is 460 g/mol. The first-order valence-corrected chi connectivity index (χ1v) is 13.1. The number of piperazine rings is 1. The molecule has 1 saturated carbocycles. The second-order valence-electron chi connectivity index (χ2n) is 10.5. The van der Waals surface area contributed by atoms with Crippen molar-refractivity contribution in [1.29, 1.82) is 0 Å². The number of likely N-dealkylation sites (tertiary alicyclic amines) is 1. The first-order chi connectivity index (χ1) is 17.4. The van der Waals surface area contributed by atoms with Gasteiger partial charge in [-0.3, -0.25) is 9.69 Å². The third-order valence-electron chi connectivity index (χ3n) is 8.12. The SMILES string of the molecule is CCN1CC[C@H](c2ccc(-c3cc4c(N5CCN(C(=O)C6CC6)CC5)ccnc4[nH]3)cc2)C(F)(F)C1. The molecule has 1 N–H and O–H groups in total. The molecular formula is C28H33F2N5O. The van der Waals surface area contributed by atoms with E-state index in [-0.39, 0.29) is 12.5 Å². The number of benzene rings is 1. The molecule has 2 aliphatic heterocycles. The Kier molecular flexibility index (Phi) is 5.94. The van der Waals surface area contributed by atoms with Crippen molar-refractivity contribution >= 4 is 22.6 Å². The number of aromatic nitrogens is 2. The van der Waals surface area contributed by atoms with Crippen LogP contribution in [0.25, 0.3) is 22.3 Å². The van der Waals surface area contributed by atoms with E-state index in [1.807, 2.05) is 53.3 Å². The first-order valence-electron chi connectivity index (χ1n) is 13.1. The molecule has 4 heterocycles. The van der Waals surface area contributed by atoms with Gasteiger partial charge in [-0.2, -0.15) is 0 Å². The smallest absolute Gasteiger partial charge is 0.267 e. The summed E-state index contributed by atoms with van der Waals surface area (Å²) in [6.07, 6.45) is 4.36. The van der Waals surface area contributed by atoms with Gasteiger partial charge in [0.15, 0.2) is 0 Å². The Hall–Kier alpha value is -3.00. The van der Waals surface area contributed by atoms with Crippen molar-refractivity contribution in [2.45, 2.75) is 38.0 Å². The van der Waals surface area contributed by atoms with Crippen molar-refractivity contribution in [2.24, 2.45) is 5.92 Å². The molecule has 1 atom stereocenters. The van der Waals surface area contributed by atoms with Crippen LogP contribution in [0, 0.1) is 5.92 Å². The Bertz CT molecular complexity index is 1240. The molecule has 3 aromatic rings. The summed E-state index contributed by atoms with van der Waals surface area (Å²) in [5, 5.41) is 1.04. The third kappa shape index (κ3) is 4.36. The molecule has 0 radical (unpaired) electrons. The number of fused-ring (bicyclic) bond motifs is 1. The zero-order chi connectivity index (χ0) is 24.9. The first kappa shape index (κ1) is 23.4. The van der Waals surface area contributed by atoms with E-state index in [9.17, 15) is 13.6 Å². The van der Waals surface area contributed by atoms with Crippen LogP contribution in [0.3, 0.4) is 0 Å². The fourth-order valence-corrected chi connectivity index (χ4v) is 5.79. The number of amides is 1. The van der Waals surface area contributed by atoms with Gasteiger partial charge in [0.1, 0.15) is 5.65 Å². The van der Waals surface area contributed by atoms with Gasteiger partial charge in [-0.25, -0.2) is 13.8 Å². The lowest BCUT2D eigenvalue weighted by Gasteiger charge is -2.38. The number of hydrogen-bond acceptors (Lipinski definition) is 4. The van der Waals surface area contributed by atoms with Crippen LogP contribution in [0.15, 0.2) is 42.6 Å². The van der Waals surface area contributed by atoms with E-state index in [1.165, 1.54) is 0 Å². The predicted molar refractivity (Wildman–Crippen MR) is 137 cm³/mol. The number of hydrogen-bond donors (Lipinski definition) is 1. The van der Waals surface area contributed by atoms with Crippen molar-refractivity contribution in [3.8, 4) is 11.3 Å². The van der Waals surface area contributed by atoms with Crippen molar-refractivity contribution < 1.29 is 13.6 Å². The Morgan fingerprint density at radius 2 is 1.81 bits per heavy atom. The van der Waals surface area contributed by atoms with Gasteiger partial charge in [-0.1, -0.05) is 31.2 Å². The molecule has 3 aliphatic rings. The number of carbonyl (C=O) groups excluding carboxylic acids is 1. The molecule has 1 amide bonds. The second kappa shape index (κ2) is 9.14. The summed E-state index contributed by atoms with van der Waals surface area (Å²) in [4.78, 5) is 26.5. The Morgan fingerprint density at radius 1 is 1.06 bits per heavy atom. The monoisotopic (exact) mass is 493 g/mol. The van der Waals surface area contributed by atoms with E-state index in [0.717, 1.165) is 67.0 Å². The van der Waals surface area contributed by atoms with E-state index in [2.05, 4.69) is 20.9 Å². The third-order valence-corrected chi connectivity index (χ3v) is 8.12. The van der Waals surface area contributed by atoms with Crippen LogP contribution in [0.5, 0.6) is 0 Å². The standard InChI is InChI=1S/C28H33F2N5O/c1-2-33-12-10-23(28(29,30)18-33)19-3-5-20(6-4-19)24-17-22-25(9-11-31-26(22)32-24)34-13-15-35(16-14-34)27(36)21-7-8-21/h3-6,9,11,17,21,23H,2,7-8,10,12-16,18H2,1H3,(H,31,32)/t23-/m1/s1. The number of nitrogens with one attached hydrogen (secondary N) is 1. The summed E-state index contributed by atoms with van der Waals surface area (Å²) < 4.78 is 29.6. The number of carbonyl (C=O) groups is 1. The van der Waals surface area contributed by atoms with Crippen LogP contribution in [0.2, 0.25) is 0 Å². The molecule has 8 heteroatoms. The van der Waals surface area contributed by atoms with Crippen LogP contribution in [-0.4, -0.2) is 77.4 Å². The lowest BCUT2D eigenvalue weighted by atomic mass is 9.85. The zero-order valence-electron chi connectivity index (χ0n) is 20.7. The van der Waals surface area contributed by atoms with Crippen LogP contribution in [-0.2, 0) is 4.79 Å². The highest BCUT2D eigenvalue weighted by atomic mass is 19.3. The highest BCUT2D eigenvalue weighted by Crippen LogP contribution is 2.41. The number of anilines is 1. The minimum Gasteiger partial charge on any atom is -0.367 e. The molecule has 190 valence electrons. The van der Waals surface area contributed by atoms with Crippen LogP contribution in [0.4, 0.5) is 14.5 Å². The van der Waals surface area contributed by atoms with Gasteiger partial charge in [-0.15, -0.1) is 0 Å². The summed E-state index contributed by atoms with van der Waals surface area (Å²) in [7, 11) is 0. The molecule has 36 heavy (non-hydrogen) atoms. The largest absolute Gasteiger partial charge is 0.367 e. The van der Waals surface area contributed by atoms with E-state index < -0.39 is 11.8 Å². The summed E-state index contributed by atoms with van der Waals surface area (Å²) in [6.45, 7) is 6.23. The maximum absolute atomic E-state index is 14.8. The van der Waals surface area contributed by atoms with Gasteiger partial charge in [0.2, 0.25) is 5.91 Å². The lowest BCUT2D eigenvalue weighted by Crippen LogP contribution is -2.49. The van der Waals surface area contributed by atoms with E-state index in [4.69, 9.17) is 0 Å². The zero-order valence-corrected chi connectivity index (χ0v) is 20.7. The predicted octanol–water partition coefficient (Wildman–Crippen LogP) is 4.73. The van der Waals surface area contributed by atoms with Crippen molar-refractivity contribution in [3.05, 3.63) is 48.2 Å². The average molecular weight is 494 g/mol.